The summed E-state index contributed by atoms with van der Waals surface area (Å²) in [4.78, 5) is -1.11. The summed E-state index contributed by atoms with van der Waals surface area (Å²) in [6, 6.07) is 0.707. The molecule has 1 aromatic rings. The van der Waals surface area contributed by atoms with Crippen LogP contribution in [0.3, 0.4) is 0 Å². The molecule has 0 radical (unpaired) electrons. The highest BCUT2D eigenvalue weighted by atomic mass is 32.2. The first-order valence-corrected chi connectivity index (χ1v) is 7.62. The molecule has 0 bridgehead atoms. The fraction of sp³-hybridized carbons (Fsp3) is 0.500. The molecule has 20 heavy (non-hydrogen) atoms. The molecule has 1 aliphatic heterocycles. The summed E-state index contributed by atoms with van der Waals surface area (Å²) >= 11 is 0. The quantitative estimate of drug-likeness (QED) is 0.913. The molecule has 0 spiro atoms. The number of nitrogens with two attached hydrogens (primary N) is 1. The number of sulfonamides is 1. The number of nitrogens with zero attached hydrogens (tertiary/aromatic N) is 1. The largest absolute Gasteiger partial charge is 0.323 e. The van der Waals surface area contributed by atoms with Gasteiger partial charge < -0.3 is 5.73 Å². The van der Waals surface area contributed by atoms with Crippen molar-refractivity contribution in [1.29, 1.82) is 0 Å². The van der Waals surface area contributed by atoms with Crippen LogP contribution in [0.2, 0.25) is 0 Å². The van der Waals surface area contributed by atoms with Crippen LogP contribution in [-0.2, 0) is 10.0 Å². The van der Waals surface area contributed by atoms with Crippen LogP contribution >= 0.6 is 0 Å². The summed E-state index contributed by atoms with van der Waals surface area (Å²) in [6.07, 6.45) is 1.90. The van der Waals surface area contributed by atoms with Gasteiger partial charge in [0.1, 0.15) is 17.5 Å². The predicted octanol–water partition coefficient (Wildman–Crippen LogP) is 1.22. The summed E-state index contributed by atoms with van der Waals surface area (Å²) in [5, 5.41) is 0. The first-order chi connectivity index (χ1) is 9.24. The molecular formula is C12H13F3N2O2S. The minimum absolute atomic E-state index is 0.0380. The molecular weight excluding hydrogens is 293 g/mol. The summed E-state index contributed by atoms with van der Waals surface area (Å²) in [5.74, 6) is -3.74. The van der Waals surface area contributed by atoms with Gasteiger partial charge in [-0.05, 0) is 18.8 Å². The average molecular weight is 306 g/mol. The molecule has 0 amide bonds. The lowest BCUT2D eigenvalue weighted by Gasteiger charge is -2.47. The molecule has 2 N–H and O–H groups in total. The van der Waals surface area contributed by atoms with Crippen LogP contribution in [0.4, 0.5) is 13.2 Å². The van der Waals surface area contributed by atoms with Gasteiger partial charge in [-0.2, -0.15) is 4.31 Å². The van der Waals surface area contributed by atoms with Crippen LogP contribution in [-0.4, -0.2) is 31.4 Å². The van der Waals surface area contributed by atoms with E-state index in [9.17, 15) is 21.6 Å². The van der Waals surface area contributed by atoms with Gasteiger partial charge >= 0.3 is 0 Å². The Balaban J connectivity index is 1.90. The third kappa shape index (κ3) is 2.02. The van der Waals surface area contributed by atoms with Crippen molar-refractivity contribution in [1.82, 2.24) is 4.31 Å². The number of halogens is 3. The van der Waals surface area contributed by atoms with E-state index in [1.54, 1.807) is 0 Å². The minimum Gasteiger partial charge on any atom is -0.323 e. The zero-order valence-corrected chi connectivity index (χ0v) is 11.3. The van der Waals surface area contributed by atoms with Crippen LogP contribution in [0.1, 0.15) is 12.8 Å². The van der Waals surface area contributed by atoms with E-state index in [1.807, 2.05) is 0 Å². The second-order valence-electron chi connectivity index (χ2n) is 5.48. The lowest BCUT2D eigenvalue weighted by atomic mass is 9.88. The Hall–Kier alpha value is -1.12. The van der Waals surface area contributed by atoms with E-state index in [2.05, 4.69) is 0 Å². The number of hydrogen-bond donors (Lipinski definition) is 1. The van der Waals surface area contributed by atoms with E-state index in [0.717, 1.165) is 17.1 Å². The van der Waals surface area contributed by atoms with Crippen LogP contribution < -0.4 is 5.73 Å². The van der Waals surface area contributed by atoms with E-state index in [4.69, 9.17) is 5.73 Å². The lowest BCUT2D eigenvalue weighted by Crippen LogP contribution is -2.69. The Morgan fingerprint density at radius 1 is 1.15 bits per heavy atom. The molecule has 4 nitrogen and oxygen atoms in total. The van der Waals surface area contributed by atoms with Crippen molar-refractivity contribution in [2.45, 2.75) is 23.3 Å². The Bertz CT molecular complexity index is 644. The maximum absolute atomic E-state index is 13.6. The molecule has 2 fully saturated rings. The molecule has 0 atom stereocenters. The number of rotatable bonds is 3. The molecule has 110 valence electrons. The van der Waals surface area contributed by atoms with Crippen molar-refractivity contribution >= 4 is 10.0 Å². The Labute approximate surface area is 114 Å². The Morgan fingerprint density at radius 2 is 1.65 bits per heavy atom. The molecule has 0 aromatic heterocycles. The van der Waals surface area contributed by atoms with Crippen LogP contribution in [0, 0.1) is 23.4 Å². The van der Waals surface area contributed by atoms with Gasteiger partial charge in [-0.1, -0.05) is 0 Å². The minimum atomic E-state index is -4.32. The molecule has 1 saturated heterocycles. The maximum Gasteiger partial charge on any atom is 0.249 e. The van der Waals surface area contributed by atoms with Crippen molar-refractivity contribution in [3.05, 3.63) is 29.6 Å². The van der Waals surface area contributed by atoms with Crippen LogP contribution in [0.15, 0.2) is 17.0 Å². The van der Waals surface area contributed by atoms with Crippen LogP contribution in [0.5, 0.6) is 0 Å². The fourth-order valence-corrected chi connectivity index (χ4v) is 4.29. The lowest BCUT2D eigenvalue weighted by molar-refractivity contribution is 0.134. The van der Waals surface area contributed by atoms with Crippen molar-refractivity contribution in [3.63, 3.8) is 0 Å². The smallest absolute Gasteiger partial charge is 0.249 e. The van der Waals surface area contributed by atoms with Crippen molar-refractivity contribution in [2.75, 3.05) is 13.1 Å². The van der Waals surface area contributed by atoms with Gasteiger partial charge in [-0.25, -0.2) is 21.6 Å². The molecule has 1 saturated carbocycles. The van der Waals surface area contributed by atoms with Crippen molar-refractivity contribution in [3.8, 4) is 0 Å². The van der Waals surface area contributed by atoms with Crippen molar-refractivity contribution in [2.24, 2.45) is 11.7 Å². The fourth-order valence-electron chi connectivity index (χ4n) is 2.60. The number of hydrogen-bond acceptors (Lipinski definition) is 3. The second-order valence-corrected chi connectivity index (χ2v) is 7.35. The summed E-state index contributed by atoms with van der Waals surface area (Å²) in [6.45, 7) is 0.0759. The predicted molar refractivity (Wildman–Crippen MR) is 64.7 cm³/mol. The first-order valence-electron chi connectivity index (χ1n) is 6.18. The molecule has 0 unspecified atom stereocenters. The van der Waals surface area contributed by atoms with Gasteiger partial charge in [0.15, 0.2) is 4.90 Å². The van der Waals surface area contributed by atoms with Gasteiger partial charge in [0.25, 0.3) is 0 Å². The first kappa shape index (κ1) is 13.8. The van der Waals surface area contributed by atoms with E-state index in [0.29, 0.717) is 12.1 Å². The normalized spacial score (nSPS) is 22.6. The third-order valence-corrected chi connectivity index (χ3v) is 5.74. The SMILES string of the molecule is NC1(C2CC2)CN(S(=O)(=O)c2c(F)cc(F)cc2F)C1. The maximum atomic E-state index is 13.6. The third-order valence-electron chi connectivity index (χ3n) is 3.89. The second kappa shape index (κ2) is 4.19. The van der Waals surface area contributed by atoms with E-state index < -0.39 is 37.9 Å². The molecule has 2 aliphatic rings. The van der Waals surface area contributed by atoms with Gasteiger partial charge in [-0.15, -0.1) is 0 Å². The monoisotopic (exact) mass is 306 g/mol. The molecule has 1 aromatic carbocycles. The Morgan fingerprint density at radius 3 is 2.10 bits per heavy atom. The number of benzene rings is 1. The topological polar surface area (TPSA) is 63.4 Å². The summed E-state index contributed by atoms with van der Waals surface area (Å²) in [5.41, 5.74) is 5.42. The van der Waals surface area contributed by atoms with Crippen molar-refractivity contribution < 1.29 is 21.6 Å². The zero-order valence-electron chi connectivity index (χ0n) is 10.4. The summed E-state index contributed by atoms with van der Waals surface area (Å²) < 4.78 is 65.2. The van der Waals surface area contributed by atoms with Crippen LogP contribution in [0.25, 0.3) is 0 Å². The van der Waals surface area contributed by atoms with Gasteiger partial charge in [0.2, 0.25) is 10.0 Å². The standard InChI is InChI=1S/C12H13F3N2O2S/c13-8-3-9(14)11(10(15)4-8)20(18,19)17-5-12(16,6-17)7-1-2-7/h3-4,7H,1-2,5-6,16H2. The molecule has 1 aliphatic carbocycles. The highest BCUT2D eigenvalue weighted by Crippen LogP contribution is 2.44. The average Bonchev–Trinajstić information content (AvgIpc) is 3.06. The Kier molecular flexibility index (Phi) is 2.90. The van der Waals surface area contributed by atoms with Gasteiger partial charge in [-0.3, -0.25) is 0 Å². The molecule has 8 heteroatoms. The zero-order chi connectivity index (χ0) is 14.7. The highest BCUT2D eigenvalue weighted by Gasteiger charge is 2.54. The summed E-state index contributed by atoms with van der Waals surface area (Å²) in [7, 11) is -4.32. The van der Waals surface area contributed by atoms with E-state index in [1.165, 1.54) is 0 Å². The van der Waals surface area contributed by atoms with E-state index >= 15 is 0 Å². The molecule has 3 rings (SSSR count). The highest BCUT2D eigenvalue weighted by molar-refractivity contribution is 7.89. The molecule has 1 heterocycles. The van der Waals surface area contributed by atoms with E-state index in [-0.39, 0.29) is 19.0 Å². The van der Waals surface area contributed by atoms with Gasteiger partial charge in [0.05, 0.1) is 0 Å². The van der Waals surface area contributed by atoms with Gasteiger partial charge in [0, 0.05) is 30.8 Å².